The molecule has 1 saturated carbocycles. The van der Waals surface area contributed by atoms with Gasteiger partial charge in [0.15, 0.2) is 15.7 Å². The highest BCUT2D eigenvalue weighted by Crippen LogP contribution is 2.38. The number of anilines is 1. The van der Waals surface area contributed by atoms with Crippen molar-refractivity contribution in [2.24, 2.45) is 5.92 Å². The lowest BCUT2D eigenvalue weighted by atomic mass is 9.84. The van der Waals surface area contributed by atoms with E-state index in [4.69, 9.17) is 16.3 Å². The standard InChI is InChI=1S/C21H24ClN3O4S/c22-18-12-15(1-4-19(18)30(27,28)16-2-3-16)17(11-14-5-9-29-10-6-14)21(26)25-20-13-23-7-8-24-20/h1,4,7-8,12-14,16-17H,2-3,5-6,9-11H2,(H,24,25,26)/t17-/m1/s1. The summed E-state index contributed by atoms with van der Waals surface area (Å²) < 4.78 is 30.6. The van der Waals surface area contributed by atoms with Crippen molar-refractivity contribution >= 4 is 33.2 Å². The normalized spacial score (nSPS) is 18.7. The molecule has 1 aromatic carbocycles. The first-order valence-electron chi connectivity index (χ1n) is 10.1. The average Bonchev–Trinajstić information content (AvgIpc) is 3.59. The zero-order valence-electron chi connectivity index (χ0n) is 16.5. The van der Waals surface area contributed by atoms with Crippen LogP contribution in [-0.4, -0.2) is 42.8 Å². The topological polar surface area (TPSA) is 98.2 Å². The van der Waals surface area contributed by atoms with Gasteiger partial charge in [0, 0.05) is 25.6 Å². The number of ether oxygens (including phenoxy) is 1. The summed E-state index contributed by atoms with van der Waals surface area (Å²) in [6.07, 6.45) is 8.28. The first-order valence-corrected chi connectivity index (χ1v) is 12.1. The lowest BCUT2D eigenvalue weighted by Crippen LogP contribution is -2.26. The minimum Gasteiger partial charge on any atom is -0.381 e. The first-order chi connectivity index (χ1) is 14.4. The predicted octanol–water partition coefficient (Wildman–Crippen LogP) is 3.61. The second-order valence-corrected chi connectivity index (χ2v) is 10.5. The van der Waals surface area contributed by atoms with Crippen molar-refractivity contribution in [1.82, 2.24) is 9.97 Å². The number of carbonyl (C=O) groups excluding carboxylic acids is 1. The number of nitrogens with zero attached hydrogens (tertiary/aromatic N) is 2. The van der Waals surface area contributed by atoms with E-state index in [1.165, 1.54) is 24.7 Å². The molecular formula is C21H24ClN3O4S. The molecule has 2 fully saturated rings. The summed E-state index contributed by atoms with van der Waals surface area (Å²) in [6.45, 7) is 1.37. The predicted molar refractivity (Wildman–Crippen MR) is 113 cm³/mol. The van der Waals surface area contributed by atoms with E-state index in [0.717, 1.165) is 12.8 Å². The molecule has 0 spiro atoms. The van der Waals surface area contributed by atoms with Crippen LogP contribution < -0.4 is 5.32 Å². The van der Waals surface area contributed by atoms with Crippen molar-refractivity contribution in [3.8, 4) is 0 Å². The first kappa shape index (κ1) is 21.2. The van der Waals surface area contributed by atoms with Crippen LogP contribution in [0.2, 0.25) is 5.02 Å². The summed E-state index contributed by atoms with van der Waals surface area (Å²) in [5, 5.41) is 2.65. The number of carbonyl (C=O) groups is 1. The highest BCUT2D eigenvalue weighted by atomic mass is 35.5. The molecule has 1 amide bonds. The molecule has 9 heteroatoms. The molecule has 1 aromatic heterocycles. The number of benzene rings is 1. The van der Waals surface area contributed by atoms with E-state index >= 15 is 0 Å². The van der Waals surface area contributed by atoms with Crippen LogP contribution in [0, 0.1) is 5.92 Å². The van der Waals surface area contributed by atoms with Crippen LogP contribution in [0.25, 0.3) is 0 Å². The van der Waals surface area contributed by atoms with Crippen molar-refractivity contribution in [3.05, 3.63) is 47.4 Å². The molecule has 7 nitrogen and oxygen atoms in total. The largest absolute Gasteiger partial charge is 0.381 e. The van der Waals surface area contributed by atoms with Gasteiger partial charge in [-0.1, -0.05) is 17.7 Å². The van der Waals surface area contributed by atoms with Gasteiger partial charge in [0.2, 0.25) is 5.91 Å². The van der Waals surface area contributed by atoms with E-state index in [-0.39, 0.29) is 21.1 Å². The monoisotopic (exact) mass is 449 g/mol. The van der Waals surface area contributed by atoms with Crippen LogP contribution in [0.4, 0.5) is 5.82 Å². The van der Waals surface area contributed by atoms with Gasteiger partial charge >= 0.3 is 0 Å². The molecule has 1 saturated heterocycles. The third-order valence-electron chi connectivity index (χ3n) is 5.67. The summed E-state index contributed by atoms with van der Waals surface area (Å²) in [6, 6.07) is 4.87. The van der Waals surface area contributed by atoms with Gasteiger partial charge in [0.25, 0.3) is 0 Å². The SMILES string of the molecule is O=C(Nc1cnccn1)[C@H](CC1CCOCC1)c1ccc(S(=O)(=O)C2CC2)c(Cl)c1. The number of hydrogen-bond acceptors (Lipinski definition) is 6. The number of aromatic nitrogens is 2. The Kier molecular flexibility index (Phi) is 6.36. The van der Waals surface area contributed by atoms with Gasteiger partial charge in [-0.25, -0.2) is 13.4 Å². The van der Waals surface area contributed by atoms with E-state index in [9.17, 15) is 13.2 Å². The number of hydrogen-bond donors (Lipinski definition) is 1. The summed E-state index contributed by atoms with van der Waals surface area (Å²) >= 11 is 6.38. The summed E-state index contributed by atoms with van der Waals surface area (Å²) in [5.41, 5.74) is 0.697. The maximum Gasteiger partial charge on any atom is 0.233 e. The van der Waals surface area contributed by atoms with Crippen molar-refractivity contribution in [1.29, 1.82) is 0 Å². The molecular weight excluding hydrogens is 426 g/mol. The van der Waals surface area contributed by atoms with Crippen LogP contribution >= 0.6 is 11.6 Å². The van der Waals surface area contributed by atoms with Crippen molar-refractivity contribution in [3.63, 3.8) is 0 Å². The Morgan fingerprint density at radius 3 is 2.60 bits per heavy atom. The lowest BCUT2D eigenvalue weighted by molar-refractivity contribution is -0.118. The maximum absolute atomic E-state index is 13.1. The zero-order valence-corrected chi connectivity index (χ0v) is 18.0. The average molecular weight is 450 g/mol. The second kappa shape index (κ2) is 8.99. The fourth-order valence-corrected chi connectivity index (χ4v) is 6.03. The Morgan fingerprint density at radius 1 is 1.20 bits per heavy atom. The molecule has 2 heterocycles. The summed E-state index contributed by atoms with van der Waals surface area (Å²) in [5.74, 6) is 0.0182. The molecule has 160 valence electrons. The molecule has 2 aliphatic rings. The zero-order chi connectivity index (χ0) is 21.1. The van der Waals surface area contributed by atoms with Crippen LogP contribution in [0.5, 0.6) is 0 Å². The van der Waals surface area contributed by atoms with Crippen molar-refractivity contribution in [2.45, 2.75) is 48.2 Å². The molecule has 1 N–H and O–H groups in total. The molecule has 1 aliphatic carbocycles. The Labute approximate surface area is 181 Å². The molecule has 0 radical (unpaired) electrons. The molecule has 2 aromatic rings. The maximum atomic E-state index is 13.1. The smallest absolute Gasteiger partial charge is 0.233 e. The van der Waals surface area contributed by atoms with Gasteiger partial charge in [0.1, 0.15) is 0 Å². The minimum absolute atomic E-state index is 0.148. The van der Waals surface area contributed by atoms with Crippen molar-refractivity contribution in [2.75, 3.05) is 18.5 Å². The quantitative estimate of drug-likeness (QED) is 0.693. The minimum atomic E-state index is -3.40. The fraction of sp³-hybridized carbons (Fsp3) is 0.476. The third-order valence-corrected chi connectivity index (χ3v) is 8.41. The Hall–Kier alpha value is -2.03. The van der Waals surface area contributed by atoms with Crippen LogP contribution in [0.15, 0.2) is 41.7 Å². The Bertz CT molecular complexity index is 1010. The number of halogens is 1. The molecule has 1 aliphatic heterocycles. The van der Waals surface area contributed by atoms with Gasteiger partial charge < -0.3 is 10.1 Å². The second-order valence-electron chi connectivity index (χ2n) is 7.86. The highest BCUT2D eigenvalue weighted by Gasteiger charge is 2.38. The van der Waals surface area contributed by atoms with Gasteiger partial charge in [0.05, 0.1) is 27.3 Å². The number of sulfone groups is 1. The molecule has 4 rings (SSSR count). The molecule has 30 heavy (non-hydrogen) atoms. The van der Waals surface area contributed by atoms with Crippen molar-refractivity contribution < 1.29 is 17.9 Å². The van der Waals surface area contributed by atoms with E-state index in [2.05, 4.69) is 15.3 Å². The molecule has 1 atom stereocenters. The fourth-order valence-electron chi connectivity index (χ4n) is 3.81. The Balaban J connectivity index is 1.61. The van der Waals surface area contributed by atoms with Crippen LogP contribution in [0.1, 0.15) is 43.6 Å². The lowest BCUT2D eigenvalue weighted by Gasteiger charge is -2.26. The van der Waals surface area contributed by atoms with Crippen LogP contribution in [0.3, 0.4) is 0 Å². The highest BCUT2D eigenvalue weighted by molar-refractivity contribution is 7.92. The Morgan fingerprint density at radius 2 is 1.97 bits per heavy atom. The van der Waals surface area contributed by atoms with Crippen LogP contribution in [-0.2, 0) is 19.4 Å². The van der Waals surface area contributed by atoms with Gasteiger partial charge in [-0.15, -0.1) is 0 Å². The number of rotatable bonds is 7. The molecule has 0 bridgehead atoms. The van der Waals surface area contributed by atoms with E-state index in [0.29, 0.717) is 49.8 Å². The van der Waals surface area contributed by atoms with Gasteiger partial charge in [-0.2, -0.15) is 0 Å². The van der Waals surface area contributed by atoms with E-state index in [1.54, 1.807) is 12.1 Å². The number of amides is 1. The van der Waals surface area contributed by atoms with E-state index < -0.39 is 15.8 Å². The van der Waals surface area contributed by atoms with E-state index in [1.807, 2.05) is 0 Å². The van der Waals surface area contributed by atoms with Gasteiger partial charge in [-0.05, 0) is 55.7 Å². The van der Waals surface area contributed by atoms with Gasteiger partial charge in [-0.3, -0.25) is 9.78 Å². The number of nitrogens with one attached hydrogen (secondary N) is 1. The third kappa shape index (κ3) is 4.82. The summed E-state index contributed by atoms with van der Waals surface area (Å²) in [4.78, 5) is 21.4. The molecule has 0 unspecified atom stereocenters. The summed E-state index contributed by atoms with van der Waals surface area (Å²) in [7, 11) is -3.40.